The summed E-state index contributed by atoms with van der Waals surface area (Å²) < 4.78 is 72.4. The van der Waals surface area contributed by atoms with Crippen molar-refractivity contribution in [1.82, 2.24) is 0 Å². The molecule has 0 aromatic heterocycles. The summed E-state index contributed by atoms with van der Waals surface area (Å²) in [6.45, 7) is 2.15. The molecule has 0 saturated heterocycles. The van der Waals surface area contributed by atoms with Gasteiger partial charge in [-0.05, 0) is 49.4 Å². The Morgan fingerprint density at radius 2 is 1.92 bits per heavy atom. The zero-order valence-electron chi connectivity index (χ0n) is 14.2. The Labute approximate surface area is 146 Å². The van der Waals surface area contributed by atoms with E-state index in [0.29, 0.717) is 24.2 Å². The SMILES string of the molecule is CCCC1CC2CC(CCC(=O)OC(CS(=O)(=O)O)C(F)(F)F)C2C1. The minimum atomic E-state index is -5.04. The Hall–Kier alpha value is -0.830. The largest absolute Gasteiger partial charge is 0.451 e. The number of alkyl halides is 3. The van der Waals surface area contributed by atoms with Gasteiger partial charge < -0.3 is 4.74 Å². The molecule has 0 aliphatic heterocycles. The third-order valence-electron chi connectivity index (χ3n) is 5.48. The molecule has 0 spiro atoms. The molecule has 2 saturated carbocycles. The Bertz CT molecular complexity index is 575. The summed E-state index contributed by atoms with van der Waals surface area (Å²) in [7, 11) is -4.90. The quantitative estimate of drug-likeness (QED) is 0.509. The number of hydrogen-bond donors (Lipinski definition) is 1. The van der Waals surface area contributed by atoms with Crippen molar-refractivity contribution in [1.29, 1.82) is 0 Å². The van der Waals surface area contributed by atoms with Crippen LogP contribution in [0.2, 0.25) is 0 Å². The zero-order chi connectivity index (χ0) is 18.8. The van der Waals surface area contributed by atoms with Crippen LogP contribution in [-0.2, 0) is 19.6 Å². The Kier molecular flexibility index (Phi) is 6.40. The lowest BCUT2D eigenvalue weighted by Gasteiger charge is -2.40. The predicted octanol–water partition coefficient (Wildman–Crippen LogP) is 3.59. The number of carbonyl (C=O) groups excluding carboxylic acids is 1. The van der Waals surface area contributed by atoms with Crippen molar-refractivity contribution in [2.75, 3.05) is 5.75 Å². The maximum absolute atomic E-state index is 12.7. The first-order chi connectivity index (χ1) is 11.5. The summed E-state index contributed by atoms with van der Waals surface area (Å²) in [5, 5.41) is 0. The van der Waals surface area contributed by atoms with Gasteiger partial charge in [-0.25, -0.2) is 0 Å². The van der Waals surface area contributed by atoms with Gasteiger partial charge in [0.25, 0.3) is 10.1 Å². The molecule has 0 amide bonds. The van der Waals surface area contributed by atoms with Crippen LogP contribution < -0.4 is 0 Å². The van der Waals surface area contributed by atoms with Gasteiger partial charge in [0.1, 0.15) is 5.75 Å². The summed E-state index contributed by atoms with van der Waals surface area (Å²) >= 11 is 0. The molecule has 1 N–H and O–H groups in total. The first-order valence-electron chi connectivity index (χ1n) is 8.71. The second-order valence-electron chi connectivity index (χ2n) is 7.35. The van der Waals surface area contributed by atoms with Crippen LogP contribution in [0.1, 0.15) is 51.9 Å². The molecule has 0 radical (unpaired) electrons. The topological polar surface area (TPSA) is 80.7 Å². The Balaban J connectivity index is 1.78. The third-order valence-corrected chi connectivity index (χ3v) is 6.20. The van der Waals surface area contributed by atoms with Crippen molar-refractivity contribution in [3.63, 3.8) is 0 Å². The summed E-state index contributed by atoms with van der Waals surface area (Å²) in [6.07, 6.45) is -1.86. The Morgan fingerprint density at radius 1 is 1.24 bits per heavy atom. The molecule has 5 atom stereocenters. The highest BCUT2D eigenvalue weighted by Crippen LogP contribution is 2.55. The van der Waals surface area contributed by atoms with E-state index in [1.165, 1.54) is 12.8 Å². The van der Waals surface area contributed by atoms with Crippen LogP contribution in [0.5, 0.6) is 0 Å². The highest BCUT2D eigenvalue weighted by molar-refractivity contribution is 7.85. The molecule has 25 heavy (non-hydrogen) atoms. The number of halogens is 3. The molecular weight excluding hydrogens is 361 g/mol. The average Bonchev–Trinajstić information content (AvgIpc) is 2.74. The lowest BCUT2D eigenvalue weighted by Crippen LogP contribution is -2.40. The molecule has 5 nitrogen and oxygen atoms in total. The van der Waals surface area contributed by atoms with Crippen molar-refractivity contribution in [2.24, 2.45) is 23.7 Å². The molecule has 0 bridgehead atoms. The number of hydrogen-bond acceptors (Lipinski definition) is 4. The second kappa shape index (κ2) is 7.82. The smallest absolute Gasteiger partial charge is 0.426 e. The van der Waals surface area contributed by atoms with Gasteiger partial charge in [-0.15, -0.1) is 0 Å². The van der Waals surface area contributed by atoms with Crippen molar-refractivity contribution in [3.8, 4) is 0 Å². The standard InChI is InChI=1S/C16H25F3O5S/c1-2-3-10-6-12-8-11(13(12)7-10)4-5-15(20)24-14(16(17,18)19)9-25(21,22)23/h10-14H,2-9H2,1H3,(H,21,22,23). The van der Waals surface area contributed by atoms with Gasteiger partial charge in [-0.2, -0.15) is 21.6 Å². The summed E-state index contributed by atoms with van der Waals surface area (Å²) in [6, 6.07) is 0. The van der Waals surface area contributed by atoms with E-state index < -0.39 is 34.1 Å². The molecule has 2 rings (SSSR count). The van der Waals surface area contributed by atoms with Crippen LogP contribution >= 0.6 is 0 Å². The second-order valence-corrected chi connectivity index (χ2v) is 8.85. The molecule has 0 aromatic carbocycles. The van der Waals surface area contributed by atoms with E-state index in [9.17, 15) is 26.4 Å². The number of carbonyl (C=O) groups is 1. The van der Waals surface area contributed by atoms with Gasteiger partial charge in [0.15, 0.2) is 0 Å². The van der Waals surface area contributed by atoms with Gasteiger partial charge in [-0.3, -0.25) is 9.35 Å². The molecule has 9 heteroatoms. The monoisotopic (exact) mass is 386 g/mol. The summed E-state index contributed by atoms with van der Waals surface area (Å²) in [5.41, 5.74) is 0. The Morgan fingerprint density at radius 3 is 2.48 bits per heavy atom. The van der Waals surface area contributed by atoms with E-state index in [2.05, 4.69) is 11.7 Å². The van der Waals surface area contributed by atoms with Crippen molar-refractivity contribution in [3.05, 3.63) is 0 Å². The summed E-state index contributed by atoms with van der Waals surface area (Å²) in [4.78, 5) is 11.7. The van der Waals surface area contributed by atoms with Gasteiger partial charge in [0, 0.05) is 6.42 Å². The number of rotatable bonds is 8. The van der Waals surface area contributed by atoms with E-state index in [0.717, 1.165) is 25.2 Å². The molecule has 0 aromatic rings. The lowest BCUT2D eigenvalue weighted by molar-refractivity contribution is -0.215. The van der Waals surface area contributed by atoms with E-state index >= 15 is 0 Å². The highest BCUT2D eigenvalue weighted by Gasteiger charge is 2.48. The van der Waals surface area contributed by atoms with E-state index in [-0.39, 0.29) is 6.42 Å². The first-order valence-corrected chi connectivity index (χ1v) is 10.3. The number of ether oxygens (including phenoxy) is 1. The van der Waals surface area contributed by atoms with Gasteiger partial charge in [0.2, 0.25) is 6.10 Å². The molecular formula is C16H25F3O5S. The van der Waals surface area contributed by atoms with E-state index in [1.807, 2.05) is 0 Å². The zero-order valence-corrected chi connectivity index (χ0v) is 15.0. The van der Waals surface area contributed by atoms with Crippen LogP contribution in [0.25, 0.3) is 0 Å². The minimum Gasteiger partial charge on any atom is -0.451 e. The maximum Gasteiger partial charge on any atom is 0.426 e. The van der Waals surface area contributed by atoms with Crippen LogP contribution in [0.15, 0.2) is 0 Å². The third kappa shape index (κ3) is 5.84. The van der Waals surface area contributed by atoms with E-state index in [1.54, 1.807) is 0 Å². The van der Waals surface area contributed by atoms with Gasteiger partial charge >= 0.3 is 12.1 Å². The van der Waals surface area contributed by atoms with Gasteiger partial charge in [0.05, 0.1) is 0 Å². The molecule has 2 aliphatic carbocycles. The molecule has 146 valence electrons. The first kappa shape index (κ1) is 20.5. The normalized spacial score (nSPS) is 30.4. The fraction of sp³-hybridized carbons (Fsp3) is 0.938. The molecule has 2 aliphatic rings. The van der Waals surface area contributed by atoms with Gasteiger partial charge in [-0.1, -0.05) is 19.8 Å². The molecule has 5 unspecified atom stereocenters. The van der Waals surface area contributed by atoms with E-state index in [4.69, 9.17) is 4.55 Å². The van der Waals surface area contributed by atoms with Crippen LogP contribution in [0.4, 0.5) is 13.2 Å². The highest BCUT2D eigenvalue weighted by atomic mass is 32.2. The maximum atomic E-state index is 12.7. The van der Waals surface area contributed by atoms with Crippen molar-refractivity contribution >= 4 is 16.1 Å². The fourth-order valence-electron chi connectivity index (χ4n) is 4.38. The van der Waals surface area contributed by atoms with Crippen molar-refractivity contribution in [2.45, 2.75) is 64.1 Å². The molecule has 0 heterocycles. The summed E-state index contributed by atoms with van der Waals surface area (Å²) in [5.74, 6) is -0.445. The van der Waals surface area contributed by atoms with Crippen LogP contribution in [0, 0.1) is 23.7 Å². The fourth-order valence-corrected chi connectivity index (χ4v) is 5.02. The van der Waals surface area contributed by atoms with Crippen molar-refractivity contribution < 1.29 is 35.7 Å². The minimum absolute atomic E-state index is 0.162. The average molecular weight is 386 g/mol. The number of esters is 1. The lowest BCUT2D eigenvalue weighted by atomic mass is 9.65. The number of fused-ring (bicyclic) bond motifs is 1. The van der Waals surface area contributed by atoms with Crippen LogP contribution in [0.3, 0.4) is 0 Å². The van der Waals surface area contributed by atoms with Crippen LogP contribution in [-0.4, -0.2) is 37.0 Å². The predicted molar refractivity (Wildman–Crippen MR) is 84.3 cm³/mol. The molecule has 2 fully saturated rings.